The summed E-state index contributed by atoms with van der Waals surface area (Å²) in [6.45, 7) is 6.02. The highest BCUT2D eigenvalue weighted by Crippen LogP contribution is 2.27. The van der Waals surface area contributed by atoms with E-state index >= 15 is 0 Å². The second-order valence-corrected chi connectivity index (χ2v) is 8.18. The first-order valence-electron chi connectivity index (χ1n) is 10.2. The lowest BCUT2D eigenvalue weighted by molar-refractivity contribution is -0.385. The Morgan fingerprint density at radius 1 is 1.16 bits per heavy atom. The zero-order chi connectivity index (χ0) is 22.8. The van der Waals surface area contributed by atoms with E-state index < -0.39 is 4.92 Å². The Labute approximate surface area is 189 Å². The molecule has 10 heteroatoms. The monoisotopic (exact) mass is 455 g/mol. The number of nitro benzene ring substituents is 1. The summed E-state index contributed by atoms with van der Waals surface area (Å²) in [5.41, 5.74) is 1.80. The first kappa shape index (κ1) is 21.9. The minimum atomic E-state index is -0.585. The number of aryl methyl sites for hydroxylation is 1. The van der Waals surface area contributed by atoms with E-state index in [2.05, 4.69) is 15.0 Å². The summed E-state index contributed by atoms with van der Waals surface area (Å²) >= 11 is 5.86. The summed E-state index contributed by atoms with van der Waals surface area (Å²) < 4.78 is 5.49. The molecular weight excluding hydrogens is 434 g/mol. The number of carbonyl (C=O) groups excluding carboxylic acids is 1. The number of aromatic nitrogens is 2. The van der Waals surface area contributed by atoms with Gasteiger partial charge < -0.3 is 9.42 Å². The van der Waals surface area contributed by atoms with Gasteiger partial charge in [-0.25, -0.2) is 0 Å². The minimum absolute atomic E-state index is 0.0422. The molecule has 1 atom stereocenters. The third-order valence-corrected chi connectivity index (χ3v) is 5.88. The quantitative estimate of drug-likeness (QED) is 0.420. The molecule has 0 spiro atoms. The van der Waals surface area contributed by atoms with Gasteiger partial charge in [0.05, 0.1) is 11.0 Å². The largest absolute Gasteiger partial charge is 0.337 e. The number of halogens is 1. The van der Waals surface area contributed by atoms with Crippen molar-refractivity contribution in [3.8, 4) is 11.4 Å². The summed E-state index contributed by atoms with van der Waals surface area (Å²) in [4.78, 5) is 31.9. The molecule has 1 aliphatic rings. The van der Waals surface area contributed by atoms with Crippen LogP contribution in [0.4, 0.5) is 5.69 Å². The highest BCUT2D eigenvalue weighted by Gasteiger charge is 2.30. The molecule has 0 N–H and O–H groups in total. The van der Waals surface area contributed by atoms with E-state index in [4.69, 9.17) is 16.1 Å². The maximum atomic E-state index is 12.9. The molecule has 1 unspecified atom stereocenters. The molecule has 0 radical (unpaired) electrons. The lowest BCUT2D eigenvalue weighted by Gasteiger charge is -2.36. The molecular formula is C22H22ClN5O4. The molecule has 32 heavy (non-hydrogen) atoms. The zero-order valence-electron chi connectivity index (χ0n) is 17.7. The fourth-order valence-corrected chi connectivity index (χ4v) is 3.87. The van der Waals surface area contributed by atoms with Crippen molar-refractivity contribution in [3.05, 3.63) is 74.6 Å². The zero-order valence-corrected chi connectivity index (χ0v) is 18.5. The van der Waals surface area contributed by atoms with Crippen molar-refractivity contribution in [2.45, 2.75) is 19.9 Å². The lowest BCUT2D eigenvalue weighted by atomic mass is 10.1. The van der Waals surface area contributed by atoms with Crippen molar-refractivity contribution < 1.29 is 14.2 Å². The molecule has 166 valence electrons. The number of carbonyl (C=O) groups is 1. The summed E-state index contributed by atoms with van der Waals surface area (Å²) in [6, 6.07) is 11.9. The Kier molecular flexibility index (Phi) is 6.20. The van der Waals surface area contributed by atoms with Crippen molar-refractivity contribution >= 4 is 23.2 Å². The molecule has 2 heterocycles. The molecule has 1 fully saturated rings. The van der Waals surface area contributed by atoms with Gasteiger partial charge >= 0.3 is 0 Å². The van der Waals surface area contributed by atoms with Gasteiger partial charge in [0.2, 0.25) is 11.7 Å². The smallest absolute Gasteiger partial charge is 0.283 e. The molecule has 0 saturated carbocycles. The summed E-state index contributed by atoms with van der Waals surface area (Å²) in [7, 11) is 0. The molecule has 9 nitrogen and oxygen atoms in total. The van der Waals surface area contributed by atoms with Crippen LogP contribution in [0, 0.1) is 17.0 Å². The van der Waals surface area contributed by atoms with Crippen molar-refractivity contribution in [2.75, 3.05) is 26.2 Å². The van der Waals surface area contributed by atoms with Crippen LogP contribution in [0.2, 0.25) is 5.02 Å². The minimum Gasteiger partial charge on any atom is -0.337 e. The van der Waals surface area contributed by atoms with E-state index in [9.17, 15) is 14.9 Å². The predicted molar refractivity (Wildman–Crippen MR) is 118 cm³/mol. The van der Waals surface area contributed by atoms with E-state index in [1.165, 1.54) is 18.2 Å². The van der Waals surface area contributed by atoms with E-state index in [0.717, 1.165) is 11.1 Å². The van der Waals surface area contributed by atoms with Gasteiger partial charge in [-0.1, -0.05) is 46.6 Å². The first-order valence-corrected chi connectivity index (χ1v) is 10.6. The van der Waals surface area contributed by atoms with Crippen molar-refractivity contribution in [2.24, 2.45) is 0 Å². The Morgan fingerprint density at radius 2 is 1.84 bits per heavy atom. The molecule has 1 aromatic heterocycles. The molecule has 0 bridgehead atoms. The fraction of sp³-hybridized carbons (Fsp3) is 0.318. The van der Waals surface area contributed by atoms with E-state index in [1.807, 2.05) is 38.1 Å². The first-order chi connectivity index (χ1) is 15.3. The third kappa shape index (κ3) is 4.49. The molecule has 3 aromatic rings. The van der Waals surface area contributed by atoms with Gasteiger partial charge in [0.25, 0.3) is 11.6 Å². The highest BCUT2D eigenvalue weighted by atomic mass is 35.5. The summed E-state index contributed by atoms with van der Waals surface area (Å²) in [6.07, 6.45) is 0. The van der Waals surface area contributed by atoms with Crippen molar-refractivity contribution in [1.82, 2.24) is 19.9 Å². The Bertz CT molecular complexity index is 1140. The van der Waals surface area contributed by atoms with Crippen LogP contribution in [0.5, 0.6) is 0 Å². The topological polar surface area (TPSA) is 106 Å². The van der Waals surface area contributed by atoms with Crippen LogP contribution in [0.25, 0.3) is 11.4 Å². The van der Waals surface area contributed by atoms with Crippen LogP contribution in [0.1, 0.15) is 34.8 Å². The maximum absolute atomic E-state index is 12.9. The molecule has 4 rings (SSSR count). The molecule has 1 aliphatic heterocycles. The Balaban J connectivity index is 1.41. The average Bonchev–Trinajstić information content (AvgIpc) is 3.29. The second kappa shape index (κ2) is 9.05. The van der Waals surface area contributed by atoms with Gasteiger partial charge in [-0.15, -0.1) is 0 Å². The van der Waals surface area contributed by atoms with Crippen LogP contribution in [-0.2, 0) is 0 Å². The SMILES string of the molecule is Cc1ccc(-c2noc(C(C)N3CCN(C(=O)c4ccc(Cl)cc4[N+](=O)[O-])CC3)n2)cc1. The number of hydrogen-bond acceptors (Lipinski definition) is 7. The van der Waals surface area contributed by atoms with Crippen LogP contribution in [0.3, 0.4) is 0 Å². The van der Waals surface area contributed by atoms with E-state index in [1.54, 1.807) is 4.90 Å². The fourth-order valence-electron chi connectivity index (χ4n) is 3.70. The van der Waals surface area contributed by atoms with Gasteiger partial charge in [0.15, 0.2) is 0 Å². The third-order valence-electron chi connectivity index (χ3n) is 5.64. The van der Waals surface area contributed by atoms with Gasteiger partial charge in [-0.3, -0.25) is 19.8 Å². The van der Waals surface area contributed by atoms with E-state index in [0.29, 0.717) is 37.9 Å². The van der Waals surface area contributed by atoms with Gasteiger partial charge in [-0.05, 0) is 26.0 Å². The summed E-state index contributed by atoms with van der Waals surface area (Å²) in [5.74, 6) is 0.671. The standard InChI is InChI=1S/C22H22ClN5O4/c1-14-3-5-16(6-4-14)20-24-21(32-25-20)15(2)26-9-11-27(12-10-26)22(29)18-8-7-17(23)13-19(18)28(30)31/h3-8,13,15H,9-12H2,1-2H3. The van der Waals surface area contributed by atoms with Crippen LogP contribution in [0.15, 0.2) is 47.0 Å². The van der Waals surface area contributed by atoms with Crippen LogP contribution in [-0.4, -0.2) is 56.9 Å². The molecule has 1 amide bonds. The van der Waals surface area contributed by atoms with Crippen molar-refractivity contribution in [3.63, 3.8) is 0 Å². The molecule has 0 aliphatic carbocycles. The number of nitro groups is 1. The highest BCUT2D eigenvalue weighted by molar-refractivity contribution is 6.31. The number of amides is 1. The normalized spacial score (nSPS) is 15.5. The maximum Gasteiger partial charge on any atom is 0.283 e. The summed E-state index contributed by atoms with van der Waals surface area (Å²) in [5, 5.41) is 15.6. The average molecular weight is 456 g/mol. The molecule has 2 aromatic carbocycles. The van der Waals surface area contributed by atoms with Crippen LogP contribution < -0.4 is 0 Å². The number of hydrogen-bond donors (Lipinski definition) is 0. The predicted octanol–water partition coefficient (Wildman–Crippen LogP) is 4.13. The van der Waals surface area contributed by atoms with Gasteiger partial charge in [-0.2, -0.15) is 4.98 Å². The van der Waals surface area contributed by atoms with Gasteiger partial charge in [0.1, 0.15) is 5.56 Å². The number of benzene rings is 2. The Hall–Kier alpha value is -3.30. The van der Waals surface area contributed by atoms with E-state index in [-0.39, 0.29) is 28.2 Å². The Morgan fingerprint density at radius 3 is 2.50 bits per heavy atom. The lowest BCUT2D eigenvalue weighted by Crippen LogP contribution is -2.49. The number of rotatable bonds is 5. The van der Waals surface area contributed by atoms with Crippen LogP contribution >= 0.6 is 11.6 Å². The second-order valence-electron chi connectivity index (χ2n) is 7.74. The number of nitrogens with zero attached hydrogens (tertiary/aromatic N) is 5. The van der Waals surface area contributed by atoms with Crippen molar-refractivity contribution in [1.29, 1.82) is 0 Å². The molecule has 1 saturated heterocycles. The van der Waals surface area contributed by atoms with Gasteiger partial charge in [0, 0.05) is 42.8 Å². The number of piperazine rings is 1.